The van der Waals surface area contributed by atoms with Gasteiger partial charge >= 0.3 is 5.09 Å². The van der Waals surface area contributed by atoms with Crippen molar-refractivity contribution in [2.45, 2.75) is 5.09 Å². The lowest BCUT2D eigenvalue weighted by Crippen LogP contribution is -1.88. The zero-order valence-electron chi connectivity index (χ0n) is 9.13. The average molecular weight is 316 g/mol. The first-order valence-electron chi connectivity index (χ1n) is 5.16. The molecule has 18 heavy (non-hydrogen) atoms. The van der Waals surface area contributed by atoms with Crippen molar-refractivity contribution in [2.75, 3.05) is 0 Å². The molecule has 0 fully saturated rings. The molecule has 0 saturated carbocycles. The summed E-state index contributed by atoms with van der Waals surface area (Å²) in [7, 11) is 0. The molecule has 0 spiro atoms. The zero-order chi connectivity index (χ0) is 13.2. The van der Waals surface area contributed by atoms with E-state index in [0.29, 0.717) is 0 Å². The van der Waals surface area contributed by atoms with E-state index in [2.05, 4.69) is 53.5 Å². The van der Waals surface area contributed by atoms with Gasteiger partial charge in [0.05, 0.1) is 0 Å². The summed E-state index contributed by atoms with van der Waals surface area (Å²) in [5, 5.41) is -1.58. The van der Waals surface area contributed by atoms with Crippen LogP contribution in [0.5, 0.6) is 0 Å². The van der Waals surface area contributed by atoms with E-state index in [1.54, 1.807) is 0 Å². The van der Waals surface area contributed by atoms with Crippen LogP contribution in [-0.4, -0.2) is 10.1 Å². The number of para-hydroxylation sites is 2. The number of H-pyrrole nitrogens is 1. The molecule has 0 saturated heterocycles. The molecule has 94 valence electrons. The second-order valence-corrected chi connectivity index (χ2v) is 4.54. The number of benzene rings is 2. The second kappa shape index (κ2) is 5.02. The number of hydrogen-bond acceptors (Lipinski definition) is 0. The summed E-state index contributed by atoms with van der Waals surface area (Å²) in [6, 6.07) is 16.8. The van der Waals surface area contributed by atoms with Crippen LogP contribution in [0.2, 0.25) is 0 Å². The summed E-state index contributed by atoms with van der Waals surface area (Å²) in [6.07, 6.45) is 0. The summed E-state index contributed by atoms with van der Waals surface area (Å²) >= 11 is 1.38. The van der Waals surface area contributed by atoms with Gasteiger partial charge in [0.1, 0.15) is 0 Å². The Morgan fingerprint density at radius 2 is 1.11 bits per heavy atom. The fraction of sp³-hybridized carbons (Fsp3) is 0.0769. The molecular weight excluding hydrogens is 307 g/mol. The van der Waals surface area contributed by atoms with E-state index < -0.39 is 5.09 Å². The number of hydrogen-bond donors (Lipinski definition) is 1. The number of nitrogens with one attached hydrogen (secondary N) is 1. The standard InChI is InChI=1S/C12H9N.CBrF3/c1-3-7-11-9(5-1)10-6-2-4-8-12(10)13-11;2-1(3,4)5/h1-8,13H;. The van der Waals surface area contributed by atoms with Gasteiger partial charge in [-0.25, -0.2) is 0 Å². The van der Waals surface area contributed by atoms with Crippen molar-refractivity contribution in [2.24, 2.45) is 0 Å². The Hall–Kier alpha value is -1.49. The Balaban J connectivity index is 0.000000209. The lowest BCUT2D eigenvalue weighted by atomic mass is 10.2. The van der Waals surface area contributed by atoms with Gasteiger partial charge in [-0.1, -0.05) is 36.4 Å². The van der Waals surface area contributed by atoms with Crippen LogP contribution in [0.4, 0.5) is 13.2 Å². The minimum atomic E-state index is -4.19. The van der Waals surface area contributed by atoms with Crippen LogP contribution >= 0.6 is 15.9 Å². The van der Waals surface area contributed by atoms with Crippen LogP contribution in [0.1, 0.15) is 0 Å². The molecule has 0 bridgehead atoms. The zero-order valence-corrected chi connectivity index (χ0v) is 10.7. The van der Waals surface area contributed by atoms with Crippen LogP contribution < -0.4 is 0 Å². The lowest BCUT2D eigenvalue weighted by Gasteiger charge is -1.87. The van der Waals surface area contributed by atoms with E-state index in [1.165, 1.54) is 37.7 Å². The van der Waals surface area contributed by atoms with Gasteiger partial charge in [0.15, 0.2) is 0 Å². The first kappa shape index (κ1) is 13.0. The van der Waals surface area contributed by atoms with Crippen LogP contribution in [0, 0.1) is 0 Å². The van der Waals surface area contributed by atoms with Crippen molar-refractivity contribution < 1.29 is 13.2 Å². The molecule has 1 aromatic heterocycles. The first-order chi connectivity index (χ1) is 8.45. The number of halogens is 4. The van der Waals surface area contributed by atoms with Gasteiger partial charge in [0.2, 0.25) is 0 Å². The van der Waals surface area contributed by atoms with Crippen molar-refractivity contribution >= 4 is 37.7 Å². The molecule has 0 aliphatic carbocycles. The number of fused-ring (bicyclic) bond motifs is 3. The third-order valence-electron chi connectivity index (χ3n) is 2.41. The molecule has 2 aromatic carbocycles. The third-order valence-corrected chi connectivity index (χ3v) is 2.41. The summed E-state index contributed by atoms with van der Waals surface area (Å²) in [5.74, 6) is 0. The van der Waals surface area contributed by atoms with E-state index in [4.69, 9.17) is 0 Å². The maximum atomic E-state index is 10.3. The molecule has 1 N–H and O–H groups in total. The monoisotopic (exact) mass is 315 g/mol. The van der Waals surface area contributed by atoms with E-state index in [-0.39, 0.29) is 0 Å². The molecule has 3 aromatic rings. The summed E-state index contributed by atoms with van der Waals surface area (Å²) < 4.78 is 30.8. The number of alkyl halides is 4. The van der Waals surface area contributed by atoms with Crippen molar-refractivity contribution in [3.63, 3.8) is 0 Å². The molecule has 3 rings (SSSR count). The van der Waals surface area contributed by atoms with Gasteiger partial charge < -0.3 is 4.98 Å². The number of rotatable bonds is 0. The van der Waals surface area contributed by atoms with Crippen molar-refractivity contribution in [3.05, 3.63) is 48.5 Å². The van der Waals surface area contributed by atoms with E-state index in [0.717, 1.165) is 0 Å². The Bertz CT molecular complexity index is 601. The highest BCUT2D eigenvalue weighted by Crippen LogP contribution is 2.24. The first-order valence-corrected chi connectivity index (χ1v) is 5.95. The highest BCUT2D eigenvalue weighted by Gasteiger charge is 2.19. The highest BCUT2D eigenvalue weighted by molar-refractivity contribution is 9.09. The molecule has 0 amide bonds. The van der Waals surface area contributed by atoms with Gasteiger partial charge in [-0.2, -0.15) is 13.2 Å². The molecule has 1 nitrogen and oxygen atoms in total. The molecule has 0 aliphatic rings. The van der Waals surface area contributed by atoms with E-state index in [9.17, 15) is 13.2 Å². The van der Waals surface area contributed by atoms with Gasteiger partial charge in [-0.3, -0.25) is 0 Å². The fourth-order valence-corrected chi connectivity index (χ4v) is 1.80. The minimum Gasteiger partial charge on any atom is -0.355 e. The Morgan fingerprint density at radius 1 is 0.778 bits per heavy atom. The molecule has 0 radical (unpaired) electrons. The SMILES string of the molecule is FC(F)(F)Br.c1ccc2c(c1)[nH]c1ccccc12. The molecule has 1 heterocycles. The maximum absolute atomic E-state index is 10.3. The maximum Gasteiger partial charge on any atom is 0.448 e. The third kappa shape index (κ3) is 3.26. The molecule has 5 heteroatoms. The van der Waals surface area contributed by atoms with Crippen LogP contribution in [0.15, 0.2) is 48.5 Å². The summed E-state index contributed by atoms with van der Waals surface area (Å²) in [4.78, 5) is 3.38. The second-order valence-electron chi connectivity index (χ2n) is 3.64. The summed E-state index contributed by atoms with van der Waals surface area (Å²) in [5.41, 5.74) is 2.42. The normalized spacial score (nSPS) is 11.3. The molecular formula is C13H9BrF3N. The van der Waals surface area contributed by atoms with Crippen LogP contribution in [-0.2, 0) is 0 Å². The Kier molecular flexibility index (Phi) is 3.61. The smallest absolute Gasteiger partial charge is 0.355 e. The fourth-order valence-electron chi connectivity index (χ4n) is 1.80. The Labute approximate surface area is 110 Å². The van der Waals surface area contributed by atoms with E-state index in [1.807, 2.05) is 0 Å². The van der Waals surface area contributed by atoms with E-state index >= 15 is 0 Å². The van der Waals surface area contributed by atoms with Gasteiger partial charge in [-0.05, 0) is 12.1 Å². The molecule has 0 unspecified atom stereocenters. The van der Waals surface area contributed by atoms with Crippen molar-refractivity contribution in [1.29, 1.82) is 0 Å². The molecule has 0 atom stereocenters. The predicted molar refractivity (Wildman–Crippen MR) is 70.8 cm³/mol. The molecule has 0 aliphatic heterocycles. The summed E-state index contributed by atoms with van der Waals surface area (Å²) in [6.45, 7) is 0. The number of aromatic nitrogens is 1. The van der Waals surface area contributed by atoms with Crippen molar-refractivity contribution in [1.82, 2.24) is 4.98 Å². The van der Waals surface area contributed by atoms with Gasteiger partial charge in [0.25, 0.3) is 0 Å². The number of aromatic amines is 1. The topological polar surface area (TPSA) is 15.8 Å². The highest BCUT2D eigenvalue weighted by atomic mass is 79.9. The largest absolute Gasteiger partial charge is 0.448 e. The Morgan fingerprint density at radius 3 is 1.50 bits per heavy atom. The van der Waals surface area contributed by atoms with Crippen LogP contribution in [0.25, 0.3) is 21.8 Å². The average Bonchev–Trinajstić information content (AvgIpc) is 2.65. The van der Waals surface area contributed by atoms with Crippen LogP contribution in [0.3, 0.4) is 0 Å². The minimum absolute atomic E-state index is 1.21. The van der Waals surface area contributed by atoms with Crippen molar-refractivity contribution in [3.8, 4) is 0 Å². The van der Waals surface area contributed by atoms with Gasteiger partial charge in [0, 0.05) is 37.7 Å². The quantitative estimate of drug-likeness (QED) is 0.547. The van der Waals surface area contributed by atoms with Gasteiger partial charge in [-0.15, -0.1) is 0 Å². The lowest BCUT2D eigenvalue weighted by molar-refractivity contribution is -0.0245. The predicted octanol–water partition coefficient (Wildman–Crippen LogP) is 5.22.